The lowest BCUT2D eigenvalue weighted by atomic mass is 10.4. The maximum absolute atomic E-state index is 4.16. The van der Waals surface area contributed by atoms with Crippen LogP contribution in [0.5, 0.6) is 0 Å². The normalized spacial score (nSPS) is 11.5. The first-order valence-electron chi connectivity index (χ1n) is 8.32. The monoisotopic (exact) mass is 346 g/mol. The van der Waals surface area contributed by atoms with Crippen molar-refractivity contribution in [3.8, 4) is 0 Å². The summed E-state index contributed by atoms with van der Waals surface area (Å²) in [5.41, 5.74) is 8.63. The summed E-state index contributed by atoms with van der Waals surface area (Å²) in [6.45, 7) is 16.6. The number of hydrogen-bond donors (Lipinski definition) is 0. The Balaban J connectivity index is 2.37. The van der Waals surface area contributed by atoms with E-state index >= 15 is 0 Å². The molecule has 2 rings (SSSR count). The third-order valence-corrected chi connectivity index (χ3v) is 13.4. The molecule has 0 bridgehead atoms. The van der Waals surface area contributed by atoms with E-state index in [0.717, 1.165) is 12.1 Å². The first-order chi connectivity index (χ1) is 11.7. The van der Waals surface area contributed by atoms with Crippen LogP contribution in [0.2, 0.25) is 12.1 Å². The average Bonchev–Trinajstić information content (AvgIpc) is 2.68. The Kier molecular flexibility index (Phi) is 6.12. The molecule has 0 saturated carbocycles. The highest BCUT2D eigenvalue weighted by atomic mass is 28.3. The van der Waals surface area contributed by atoms with E-state index in [9.17, 15) is 0 Å². The molecule has 0 unspecified atom stereocenters. The number of hydrogen-bond acceptors (Lipinski definition) is 0. The summed E-state index contributed by atoms with van der Waals surface area (Å²) in [7, 11) is -3.86. The Hall–Kier alpha value is -2.17. The summed E-state index contributed by atoms with van der Waals surface area (Å²) in [5, 5.41) is 2.75. The zero-order valence-electron chi connectivity index (χ0n) is 14.3. The van der Waals surface area contributed by atoms with Gasteiger partial charge in [-0.15, -0.1) is 26.3 Å². The molecule has 2 aromatic rings. The van der Waals surface area contributed by atoms with E-state index in [2.05, 4.69) is 110 Å². The van der Waals surface area contributed by atoms with Gasteiger partial charge in [0.05, 0.1) is 0 Å². The van der Waals surface area contributed by atoms with Gasteiger partial charge in [-0.1, -0.05) is 93.8 Å². The smallest absolute Gasteiger partial charge is 0.106 e. The quantitative estimate of drug-likeness (QED) is 0.582. The van der Waals surface area contributed by atoms with Crippen molar-refractivity contribution in [1.82, 2.24) is 0 Å². The third-order valence-electron chi connectivity index (χ3n) is 5.03. The van der Waals surface area contributed by atoms with Crippen LogP contribution in [-0.2, 0) is 0 Å². The van der Waals surface area contributed by atoms with E-state index in [4.69, 9.17) is 0 Å². The highest BCUT2D eigenvalue weighted by Gasteiger charge is 2.35. The van der Waals surface area contributed by atoms with Crippen LogP contribution in [0, 0.1) is 0 Å². The van der Waals surface area contributed by atoms with Gasteiger partial charge in [0.1, 0.15) is 16.1 Å². The summed E-state index contributed by atoms with van der Waals surface area (Å²) in [4.78, 5) is 0. The van der Waals surface area contributed by atoms with Crippen LogP contribution in [0.25, 0.3) is 0 Å². The van der Waals surface area contributed by atoms with Crippen molar-refractivity contribution in [1.29, 1.82) is 0 Å². The first-order valence-corrected chi connectivity index (χ1v) is 13.0. The Morgan fingerprint density at radius 2 is 0.833 bits per heavy atom. The molecule has 24 heavy (non-hydrogen) atoms. The zero-order chi connectivity index (χ0) is 17.5. The highest BCUT2D eigenvalue weighted by Crippen LogP contribution is 2.24. The molecule has 0 spiro atoms. The molecular weight excluding hydrogens is 320 g/mol. The second kappa shape index (κ2) is 8.09. The van der Waals surface area contributed by atoms with E-state index < -0.39 is 16.1 Å². The van der Waals surface area contributed by atoms with Crippen molar-refractivity contribution in [2.45, 2.75) is 12.1 Å². The topological polar surface area (TPSA) is 0 Å². The van der Waals surface area contributed by atoms with Crippen molar-refractivity contribution in [2.24, 2.45) is 0 Å². The predicted octanol–water partition coefficient (Wildman–Crippen LogP) is 4.60. The Morgan fingerprint density at radius 1 is 0.542 bits per heavy atom. The van der Waals surface area contributed by atoms with E-state index in [1.807, 2.05) is 0 Å². The molecule has 0 aliphatic carbocycles. The van der Waals surface area contributed by atoms with Gasteiger partial charge in [0.25, 0.3) is 0 Å². The molecule has 0 amide bonds. The molecule has 0 heterocycles. The minimum atomic E-state index is -1.93. The van der Waals surface area contributed by atoms with Crippen molar-refractivity contribution >= 4 is 26.5 Å². The van der Waals surface area contributed by atoms with Gasteiger partial charge in [-0.25, -0.2) is 0 Å². The molecule has 0 saturated heterocycles. The average molecular weight is 347 g/mol. The molecule has 0 N–H and O–H groups in total. The van der Waals surface area contributed by atoms with Crippen LogP contribution in [-0.4, -0.2) is 16.1 Å². The maximum atomic E-state index is 4.16. The molecule has 2 heteroatoms. The summed E-state index contributed by atoms with van der Waals surface area (Å²) in [6, 6.07) is 23.6. The van der Waals surface area contributed by atoms with E-state index in [1.54, 1.807) is 0 Å². The Morgan fingerprint density at radius 3 is 1.08 bits per heavy atom. The van der Waals surface area contributed by atoms with Gasteiger partial charge in [-0.3, -0.25) is 0 Å². The SMILES string of the molecule is C=C[Si](C=C)(CC[Si](C=C)(C=C)c1ccccc1)c1ccccc1. The van der Waals surface area contributed by atoms with Crippen LogP contribution in [0.4, 0.5) is 0 Å². The highest BCUT2D eigenvalue weighted by molar-refractivity contribution is 7.04. The molecule has 0 fully saturated rings. The van der Waals surface area contributed by atoms with E-state index in [0.29, 0.717) is 0 Å². The van der Waals surface area contributed by atoms with Gasteiger partial charge in [0.15, 0.2) is 0 Å². The van der Waals surface area contributed by atoms with Crippen molar-refractivity contribution in [3.05, 3.63) is 110 Å². The van der Waals surface area contributed by atoms with Gasteiger partial charge in [-0.05, 0) is 12.1 Å². The molecule has 2 aromatic carbocycles. The lowest BCUT2D eigenvalue weighted by molar-refractivity contribution is 1.34. The maximum Gasteiger partial charge on any atom is 0.132 e. The van der Waals surface area contributed by atoms with Gasteiger partial charge >= 0.3 is 0 Å². The fraction of sp³-hybridized carbons (Fsp3) is 0.0909. The number of rotatable bonds is 9. The van der Waals surface area contributed by atoms with E-state index in [-0.39, 0.29) is 0 Å². The molecule has 0 radical (unpaired) electrons. The minimum Gasteiger partial charge on any atom is -0.106 e. The van der Waals surface area contributed by atoms with Crippen LogP contribution in [0.3, 0.4) is 0 Å². The lowest BCUT2D eigenvalue weighted by Gasteiger charge is -2.31. The lowest BCUT2D eigenvalue weighted by Crippen LogP contribution is -2.50. The van der Waals surface area contributed by atoms with Crippen LogP contribution < -0.4 is 10.4 Å². The van der Waals surface area contributed by atoms with Gasteiger partial charge < -0.3 is 0 Å². The van der Waals surface area contributed by atoms with E-state index in [1.165, 1.54) is 10.4 Å². The molecular formula is C22H26Si2. The van der Waals surface area contributed by atoms with Crippen molar-refractivity contribution < 1.29 is 0 Å². The molecule has 0 nitrogen and oxygen atoms in total. The summed E-state index contributed by atoms with van der Waals surface area (Å²) in [5.74, 6) is 0. The summed E-state index contributed by atoms with van der Waals surface area (Å²) < 4.78 is 0. The third kappa shape index (κ3) is 3.50. The second-order valence-corrected chi connectivity index (χ2v) is 14.1. The fourth-order valence-electron chi connectivity index (χ4n) is 3.25. The van der Waals surface area contributed by atoms with Gasteiger partial charge in [-0.2, -0.15) is 0 Å². The summed E-state index contributed by atoms with van der Waals surface area (Å²) in [6.07, 6.45) is 0. The standard InChI is InChI=1S/C22H26Si2/c1-5-23(6-2,21-15-11-9-12-16-21)19-20-24(7-3,8-4)22-17-13-10-14-18-22/h5-18H,1-4,19-20H2. The van der Waals surface area contributed by atoms with Crippen molar-refractivity contribution in [2.75, 3.05) is 0 Å². The molecule has 122 valence electrons. The first kappa shape index (κ1) is 18.2. The van der Waals surface area contributed by atoms with Crippen LogP contribution in [0.15, 0.2) is 110 Å². The largest absolute Gasteiger partial charge is 0.132 e. The second-order valence-electron chi connectivity index (χ2n) is 6.13. The van der Waals surface area contributed by atoms with Crippen LogP contribution in [0.1, 0.15) is 0 Å². The minimum absolute atomic E-state index is 1.09. The van der Waals surface area contributed by atoms with Crippen molar-refractivity contribution in [3.63, 3.8) is 0 Å². The molecule has 0 aliphatic rings. The fourth-order valence-corrected chi connectivity index (χ4v) is 10.9. The van der Waals surface area contributed by atoms with Gasteiger partial charge in [0, 0.05) is 0 Å². The van der Waals surface area contributed by atoms with Crippen LogP contribution >= 0.6 is 0 Å². The Bertz CT molecular complexity index is 622. The Labute approximate surface area is 148 Å². The number of benzene rings is 2. The zero-order valence-corrected chi connectivity index (χ0v) is 16.3. The molecule has 0 atom stereocenters. The molecule has 0 aliphatic heterocycles. The molecule has 0 aromatic heterocycles. The van der Waals surface area contributed by atoms with Gasteiger partial charge in [0.2, 0.25) is 0 Å². The summed E-state index contributed by atoms with van der Waals surface area (Å²) >= 11 is 0. The predicted molar refractivity (Wildman–Crippen MR) is 114 cm³/mol.